The highest BCUT2D eigenvalue weighted by Crippen LogP contribution is 2.40. The van der Waals surface area contributed by atoms with Gasteiger partial charge in [0, 0.05) is 23.9 Å². The van der Waals surface area contributed by atoms with Gasteiger partial charge >= 0.3 is 0 Å². The lowest BCUT2D eigenvalue weighted by Gasteiger charge is -2.12. The van der Waals surface area contributed by atoms with Gasteiger partial charge in [-0.3, -0.25) is 9.78 Å². The fraction of sp³-hybridized carbons (Fsp3) is 0.222. The number of nitrogens with zero attached hydrogens (tertiary/aromatic N) is 1. The zero-order chi connectivity index (χ0) is 14.8. The van der Waals surface area contributed by atoms with Crippen LogP contribution in [0.4, 0.5) is 0 Å². The van der Waals surface area contributed by atoms with E-state index in [-0.39, 0.29) is 11.9 Å². The monoisotopic (exact) mass is 278 g/mol. The van der Waals surface area contributed by atoms with E-state index >= 15 is 0 Å². The molecule has 1 heterocycles. The minimum Gasteiger partial charge on any atom is -0.346 e. The molecular weight excluding hydrogens is 260 g/mol. The van der Waals surface area contributed by atoms with E-state index in [0.29, 0.717) is 0 Å². The lowest BCUT2D eigenvalue weighted by atomic mass is 10.1. The minimum atomic E-state index is -0.0317. The smallest absolute Gasteiger partial charge is 0.248 e. The Balaban J connectivity index is 1.68. The second-order valence-corrected chi connectivity index (χ2v) is 5.43. The quantitative estimate of drug-likeness (QED) is 0.931. The first-order chi connectivity index (χ1) is 10.1. The predicted octanol–water partition coefficient (Wildman–Crippen LogP) is 3.42. The van der Waals surface area contributed by atoms with Crippen LogP contribution in [0.25, 0.3) is 5.57 Å². The van der Waals surface area contributed by atoms with Crippen LogP contribution in [-0.4, -0.2) is 10.9 Å². The lowest BCUT2D eigenvalue weighted by Crippen LogP contribution is -2.25. The van der Waals surface area contributed by atoms with Crippen molar-refractivity contribution in [1.82, 2.24) is 10.3 Å². The molecule has 1 atom stereocenters. The number of carbonyl (C=O) groups excluding carboxylic acids is 1. The van der Waals surface area contributed by atoms with Gasteiger partial charge in [0.2, 0.25) is 5.91 Å². The Morgan fingerprint density at radius 3 is 2.62 bits per heavy atom. The first kappa shape index (κ1) is 13.6. The summed E-state index contributed by atoms with van der Waals surface area (Å²) in [5, 5.41) is 3.04. The van der Waals surface area contributed by atoms with Crippen LogP contribution in [0.2, 0.25) is 0 Å². The molecular formula is C18H18N2O. The normalized spacial score (nSPS) is 14.8. The number of benzene rings is 1. The van der Waals surface area contributed by atoms with Crippen molar-refractivity contribution >= 4 is 11.5 Å². The molecule has 106 valence electrons. The SMILES string of the molecule is Cc1ccc([C@H](C)NC(=O)C2=C(c3ccccc3)C2)cn1. The third kappa shape index (κ3) is 3.02. The molecule has 0 fully saturated rings. The number of amides is 1. The van der Waals surface area contributed by atoms with Crippen molar-refractivity contribution in [2.24, 2.45) is 0 Å². The average Bonchev–Trinajstić information content (AvgIpc) is 3.29. The predicted molar refractivity (Wildman–Crippen MR) is 83.5 cm³/mol. The molecule has 0 aliphatic heterocycles. The Morgan fingerprint density at radius 2 is 1.95 bits per heavy atom. The maximum atomic E-state index is 12.3. The molecule has 0 radical (unpaired) electrons. The van der Waals surface area contributed by atoms with E-state index < -0.39 is 0 Å². The van der Waals surface area contributed by atoms with Crippen molar-refractivity contribution in [3.63, 3.8) is 0 Å². The van der Waals surface area contributed by atoms with Crippen LogP contribution in [0, 0.1) is 6.92 Å². The Labute approximate surface area is 124 Å². The van der Waals surface area contributed by atoms with E-state index in [1.807, 2.05) is 62.5 Å². The standard InChI is InChI=1S/C18H18N2O/c1-12-8-9-15(11-19-12)13(2)20-18(21)17-10-16(17)14-6-4-3-5-7-14/h3-9,11,13H,10H2,1-2H3,(H,20,21)/t13-/m0/s1. The highest BCUT2D eigenvalue weighted by molar-refractivity contribution is 6.10. The lowest BCUT2D eigenvalue weighted by molar-refractivity contribution is -0.117. The molecule has 1 aliphatic rings. The Hall–Kier alpha value is -2.42. The van der Waals surface area contributed by atoms with E-state index in [1.165, 1.54) is 0 Å². The van der Waals surface area contributed by atoms with Gasteiger partial charge in [-0.15, -0.1) is 0 Å². The third-order valence-corrected chi connectivity index (χ3v) is 3.77. The van der Waals surface area contributed by atoms with E-state index in [0.717, 1.165) is 34.4 Å². The molecule has 3 heteroatoms. The number of aryl methyl sites for hydroxylation is 1. The van der Waals surface area contributed by atoms with Crippen molar-refractivity contribution in [3.8, 4) is 0 Å². The average molecular weight is 278 g/mol. The fourth-order valence-electron chi connectivity index (χ4n) is 2.37. The summed E-state index contributed by atoms with van der Waals surface area (Å²) in [6.07, 6.45) is 2.61. The zero-order valence-electron chi connectivity index (χ0n) is 12.3. The fourth-order valence-corrected chi connectivity index (χ4v) is 2.37. The summed E-state index contributed by atoms with van der Waals surface area (Å²) in [5.41, 5.74) is 5.20. The van der Waals surface area contributed by atoms with Gasteiger partial charge < -0.3 is 5.32 Å². The van der Waals surface area contributed by atoms with Crippen molar-refractivity contribution < 1.29 is 4.79 Å². The van der Waals surface area contributed by atoms with Gasteiger partial charge in [-0.25, -0.2) is 0 Å². The summed E-state index contributed by atoms with van der Waals surface area (Å²) >= 11 is 0. The molecule has 1 aliphatic carbocycles. The van der Waals surface area contributed by atoms with Crippen LogP contribution in [0.5, 0.6) is 0 Å². The van der Waals surface area contributed by atoms with E-state index in [9.17, 15) is 4.79 Å². The number of aromatic nitrogens is 1. The second-order valence-electron chi connectivity index (χ2n) is 5.43. The second kappa shape index (κ2) is 5.52. The molecule has 3 nitrogen and oxygen atoms in total. The molecule has 21 heavy (non-hydrogen) atoms. The van der Waals surface area contributed by atoms with Crippen LogP contribution in [0.15, 0.2) is 54.2 Å². The molecule has 1 aromatic heterocycles. The number of pyridine rings is 1. The minimum absolute atomic E-state index is 0.0296. The summed E-state index contributed by atoms with van der Waals surface area (Å²) in [7, 11) is 0. The summed E-state index contributed by atoms with van der Waals surface area (Å²) in [4.78, 5) is 16.5. The summed E-state index contributed by atoms with van der Waals surface area (Å²) < 4.78 is 0. The van der Waals surface area contributed by atoms with Gasteiger partial charge in [0.1, 0.15) is 0 Å². The summed E-state index contributed by atoms with van der Waals surface area (Å²) in [6.45, 7) is 3.93. The van der Waals surface area contributed by atoms with Gasteiger partial charge in [-0.05, 0) is 36.6 Å². The topological polar surface area (TPSA) is 42.0 Å². The number of hydrogen-bond donors (Lipinski definition) is 1. The highest BCUT2D eigenvalue weighted by atomic mass is 16.1. The molecule has 0 saturated heterocycles. The van der Waals surface area contributed by atoms with Crippen LogP contribution in [-0.2, 0) is 4.79 Å². The maximum absolute atomic E-state index is 12.3. The Kier molecular flexibility index (Phi) is 3.57. The van der Waals surface area contributed by atoms with E-state index in [4.69, 9.17) is 0 Å². The van der Waals surface area contributed by atoms with E-state index in [1.54, 1.807) is 0 Å². The summed E-state index contributed by atoms with van der Waals surface area (Å²) in [6, 6.07) is 14.0. The number of rotatable bonds is 4. The number of hydrogen-bond acceptors (Lipinski definition) is 2. The van der Waals surface area contributed by atoms with Gasteiger partial charge in [0.25, 0.3) is 0 Å². The van der Waals surface area contributed by atoms with Gasteiger partial charge in [-0.1, -0.05) is 36.4 Å². The maximum Gasteiger partial charge on any atom is 0.248 e. The first-order valence-electron chi connectivity index (χ1n) is 7.16. The van der Waals surface area contributed by atoms with Crippen LogP contribution < -0.4 is 5.32 Å². The van der Waals surface area contributed by atoms with Crippen LogP contribution >= 0.6 is 0 Å². The van der Waals surface area contributed by atoms with E-state index in [2.05, 4.69) is 10.3 Å². The van der Waals surface area contributed by atoms with Crippen molar-refractivity contribution in [1.29, 1.82) is 0 Å². The van der Waals surface area contributed by atoms with Crippen molar-refractivity contribution in [2.45, 2.75) is 26.3 Å². The number of nitrogens with one attached hydrogen (secondary N) is 1. The molecule has 0 saturated carbocycles. The molecule has 0 bridgehead atoms. The van der Waals surface area contributed by atoms with Crippen LogP contribution in [0.3, 0.4) is 0 Å². The molecule has 1 aromatic carbocycles. The largest absolute Gasteiger partial charge is 0.346 e. The molecule has 1 N–H and O–H groups in total. The van der Waals surface area contributed by atoms with Gasteiger partial charge in [-0.2, -0.15) is 0 Å². The third-order valence-electron chi connectivity index (χ3n) is 3.77. The molecule has 0 unspecified atom stereocenters. The number of allylic oxidation sites excluding steroid dienone is 1. The van der Waals surface area contributed by atoms with Gasteiger partial charge in [0.05, 0.1) is 6.04 Å². The first-order valence-corrected chi connectivity index (χ1v) is 7.16. The van der Waals surface area contributed by atoms with Crippen molar-refractivity contribution in [3.05, 3.63) is 71.1 Å². The zero-order valence-corrected chi connectivity index (χ0v) is 12.3. The number of carbonyl (C=O) groups is 1. The Morgan fingerprint density at radius 1 is 1.19 bits per heavy atom. The van der Waals surface area contributed by atoms with Crippen molar-refractivity contribution in [2.75, 3.05) is 0 Å². The van der Waals surface area contributed by atoms with Crippen LogP contribution in [0.1, 0.15) is 36.2 Å². The molecule has 0 spiro atoms. The van der Waals surface area contributed by atoms with Gasteiger partial charge in [0.15, 0.2) is 0 Å². The molecule has 3 rings (SSSR count). The molecule has 1 amide bonds. The molecule has 2 aromatic rings. The highest BCUT2D eigenvalue weighted by Gasteiger charge is 2.29. The Bertz CT molecular complexity index is 687. The summed E-state index contributed by atoms with van der Waals surface area (Å²) in [5.74, 6) is 0.0296.